The number of rotatable bonds is 7. The van der Waals surface area contributed by atoms with Crippen LogP contribution in [0.5, 0.6) is 5.75 Å². The van der Waals surface area contributed by atoms with Crippen molar-refractivity contribution in [2.45, 2.75) is 32.1 Å². The average molecular weight is 285 g/mol. The summed E-state index contributed by atoms with van der Waals surface area (Å²) in [5.41, 5.74) is 2.68. The lowest BCUT2D eigenvalue weighted by molar-refractivity contribution is 0.362. The third-order valence-corrected chi connectivity index (χ3v) is 4.13. The van der Waals surface area contributed by atoms with E-state index in [0.29, 0.717) is 6.61 Å². The normalized spacial score (nSPS) is 16.7. The highest BCUT2D eigenvalue weighted by atomic mass is 16.5. The number of hydrogen-bond donors (Lipinski definition) is 1. The summed E-state index contributed by atoms with van der Waals surface area (Å²) in [7, 11) is 2.02. The van der Waals surface area contributed by atoms with E-state index >= 15 is 0 Å². The van der Waals surface area contributed by atoms with Gasteiger partial charge in [0, 0.05) is 12.1 Å². The topological polar surface area (TPSA) is 21.3 Å². The maximum atomic E-state index is 5.77. The summed E-state index contributed by atoms with van der Waals surface area (Å²) in [6, 6.07) is 8.27. The van der Waals surface area contributed by atoms with Crippen molar-refractivity contribution in [1.29, 1.82) is 0 Å². The summed E-state index contributed by atoms with van der Waals surface area (Å²) in [5.74, 6) is 1.67. The lowest BCUT2D eigenvalue weighted by atomic mass is 9.83. The summed E-state index contributed by atoms with van der Waals surface area (Å²) in [6.07, 6.45) is 10.9. The largest absolute Gasteiger partial charge is 0.489 e. The molecule has 21 heavy (non-hydrogen) atoms. The molecule has 0 spiro atoms. The van der Waals surface area contributed by atoms with Crippen molar-refractivity contribution in [3.05, 3.63) is 48.1 Å². The van der Waals surface area contributed by atoms with Crippen molar-refractivity contribution in [3.63, 3.8) is 0 Å². The number of likely N-dealkylation sites (N-methyl/N-ethyl adjacent to an activating group) is 1. The first kappa shape index (κ1) is 15.8. The van der Waals surface area contributed by atoms with Gasteiger partial charge in [0.05, 0.1) is 0 Å². The van der Waals surface area contributed by atoms with Gasteiger partial charge in [-0.2, -0.15) is 0 Å². The van der Waals surface area contributed by atoms with Crippen molar-refractivity contribution in [2.24, 2.45) is 5.92 Å². The van der Waals surface area contributed by atoms with Crippen molar-refractivity contribution < 1.29 is 4.74 Å². The predicted octanol–water partition coefficient (Wildman–Crippen LogP) is 4.43. The minimum atomic E-state index is 0.551. The number of nitrogens with one attached hydrogen (secondary N) is 1. The molecule has 1 aromatic carbocycles. The van der Waals surface area contributed by atoms with E-state index in [1.165, 1.54) is 43.2 Å². The molecular formula is C19H27NO. The van der Waals surface area contributed by atoms with E-state index in [1.54, 1.807) is 6.08 Å². The van der Waals surface area contributed by atoms with E-state index < -0.39 is 0 Å². The molecule has 2 heteroatoms. The number of hydrogen-bond acceptors (Lipinski definition) is 2. The minimum absolute atomic E-state index is 0.551. The molecule has 2 nitrogen and oxygen atoms in total. The molecule has 1 aliphatic rings. The zero-order chi connectivity index (χ0) is 14.9. The Morgan fingerprint density at radius 2 is 2.05 bits per heavy atom. The highest BCUT2D eigenvalue weighted by Crippen LogP contribution is 2.32. The van der Waals surface area contributed by atoms with Crippen molar-refractivity contribution in [1.82, 2.24) is 5.32 Å². The molecule has 1 saturated carbocycles. The lowest BCUT2D eigenvalue weighted by Crippen LogP contribution is -2.19. The zero-order valence-corrected chi connectivity index (χ0v) is 13.1. The van der Waals surface area contributed by atoms with Gasteiger partial charge in [-0.1, -0.05) is 61.8 Å². The molecule has 0 amide bonds. The monoisotopic (exact) mass is 285 g/mol. The fraction of sp³-hybridized carbons (Fsp3) is 0.474. The van der Waals surface area contributed by atoms with Crippen LogP contribution in [0.15, 0.2) is 42.5 Å². The molecule has 0 aliphatic heterocycles. The Morgan fingerprint density at radius 3 is 2.76 bits per heavy atom. The van der Waals surface area contributed by atoms with Gasteiger partial charge in [-0.05, 0) is 31.9 Å². The molecule has 0 bridgehead atoms. The molecule has 114 valence electrons. The third kappa shape index (κ3) is 4.75. The number of para-hydroxylation sites is 1. The van der Waals surface area contributed by atoms with Crippen LogP contribution < -0.4 is 10.1 Å². The Bertz CT molecular complexity index is 472. The second-order valence-electron chi connectivity index (χ2n) is 5.72. The standard InChI is InChI=1S/C19H27NO/c1-3-13-21-19-12-8-7-11-17(19)14-18(15-20-2)16-9-5-4-6-10-16/h3,7-8,11-12,14,16,20H,1,4-6,9-10,13,15H2,2H3/b18-14-. The summed E-state index contributed by atoms with van der Waals surface area (Å²) in [5, 5.41) is 3.32. The summed E-state index contributed by atoms with van der Waals surface area (Å²) in [6.45, 7) is 5.23. The molecular weight excluding hydrogens is 258 g/mol. The zero-order valence-electron chi connectivity index (χ0n) is 13.1. The number of benzene rings is 1. The summed E-state index contributed by atoms with van der Waals surface area (Å²) in [4.78, 5) is 0. The highest BCUT2D eigenvalue weighted by molar-refractivity contribution is 5.60. The fourth-order valence-corrected chi connectivity index (χ4v) is 3.07. The molecule has 1 aromatic rings. The van der Waals surface area contributed by atoms with Crippen LogP contribution >= 0.6 is 0 Å². The van der Waals surface area contributed by atoms with E-state index in [1.807, 2.05) is 19.2 Å². The Hall–Kier alpha value is -1.54. The van der Waals surface area contributed by atoms with Gasteiger partial charge >= 0.3 is 0 Å². The summed E-state index contributed by atoms with van der Waals surface area (Å²) < 4.78 is 5.77. The maximum Gasteiger partial charge on any atom is 0.126 e. The van der Waals surface area contributed by atoms with E-state index in [-0.39, 0.29) is 0 Å². The van der Waals surface area contributed by atoms with Gasteiger partial charge in [-0.3, -0.25) is 0 Å². The third-order valence-electron chi connectivity index (χ3n) is 4.13. The fourth-order valence-electron chi connectivity index (χ4n) is 3.07. The Balaban J connectivity index is 2.21. The van der Waals surface area contributed by atoms with Gasteiger partial charge in [-0.25, -0.2) is 0 Å². The van der Waals surface area contributed by atoms with Crippen LogP contribution in [0.4, 0.5) is 0 Å². The van der Waals surface area contributed by atoms with Gasteiger partial charge in [0.2, 0.25) is 0 Å². The van der Waals surface area contributed by atoms with E-state index in [2.05, 4.69) is 30.1 Å². The van der Waals surface area contributed by atoms with E-state index in [9.17, 15) is 0 Å². The van der Waals surface area contributed by atoms with Crippen molar-refractivity contribution in [2.75, 3.05) is 20.2 Å². The van der Waals surface area contributed by atoms with Crippen LogP contribution in [0.3, 0.4) is 0 Å². The van der Waals surface area contributed by atoms with Crippen LogP contribution in [0.2, 0.25) is 0 Å². The second kappa shape index (κ2) is 8.68. The van der Waals surface area contributed by atoms with E-state index in [0.717, 1.165) is 18.2 Å². The molecule has 1 aliphatic carbocycles. The van der Waals surface area contributed by atoms with Gasteiger partial charge < -0.3 is 10.1 Å². The molecule has 0 saturated heterocycles. The SMILES string of the molecule is C=CCOc1ccccc1/C=C(/CNC)C1CCCCC1. The average Bonchev–Trinajstić information content (AvgIpc) is 2.54. The molecule has 0 radical (unpaired) electrons. The van der Waals surface area contributed by atoms with Crippen molar-refractivity contribution >= 4 is 6.08 Å². The summed E-state index contributed by atoms with van der Waals surface area (Å²) >= 11 is 0. The molecule has 2 rings (SSSR count). The van der Waals surface area contributed by atoms with Crippen LogP contribution in [0, 0.1) is 5.92 Å². The molecule has 1 fully saturated rings. The minimum Gasteiger partial charge on any atom is -0.489 e. The Morgan fingerprint density at radius 1 is 1.29 bits per heavy atom. The Kier molecular flexibility index (Phi) is 6.55. The quantitative estimate of drug-likeness (QED) is 0.748. The first-order valence-corrected chi connectivity index (χ1v) is 8.03. The van der Waals surface area contributed by atoms with Gasteiger partial charge in [0.1, 0.15) is 12.4 Å². The van der Waals surface area contributed by atoms with Gasteiger partial charge in [0.15, 0.2) is 0 Å². The first-order valence-electron chi connectivity index (χ1n) is 8.03. The maximum absolute atomic E-state index is 5.77. The predicted molar refractivity (Wildman–Crippen MR) is 90.6 cm³/mol. The highest BCUT2D eigenvalue weighted by Gasteiger charge is 2.17. The molecule has 0 aromatic heterocycles. The Labute approximate surface area is 128 Å². The van der Waals surface area contributed by atoms with Gasteiger partial charge in [0.25, 0.3) is 0 Å². The first-order chi connectivity index (χ1) is 10.3. The van der Waals surface area contributed by atoms with Crippen LogP contribution in [0.25, 0.3) is 6.08 Å². The van der Waals surface area contributed by atoms with Crippen LogP contribution in [-0.2, 0) is 0 Å². The van der Waals surface area contributed by atoms with Crippen molar-refractivity contribution in [3.8, 4) is 5.75 Å². The number of ether oxygens (including phenoxy) is 1. The van der Waals surface area contributed by atoms with Crippen LogP contribution in [-0.4, -0.2) is 20.2 Å². The molecule has 0 atom stereocenters. The van der Waals surface area contributed by atoms with E-state index in [4.69, 9.17) is 4.74 Å². The van der Waals surface area contributed by atoms with Gasteiger partial charge in [-0.15, -0.1) is 0 Å². The second-order valence-corrected chi connectivity index (χ2v) is 5.72. The van der Waals surface area contributed by atoms with Crippen LogP contribution in [0.1, 0.15) is 37.7 Å². The molecule has 0 heterocycles. The molecule has 0 unspecified atom stereocenters. The smallest absolute Gasteiger partial charge is 0.126 e. The lowest BCUT2D eigenvalue weighted by Gasteiger charge is -2.25. The molecule has 1 N–H and O–H groups in total.